The van der Waals surface area contributed by atoms with Crippen LogP contribution in [0.2, 0.25) is 0 Å². The Hall–Kier alpha value is -1.44. The average molecular weight is 311 g/mol. The van der Waals surface area contributed by atoms with Gasteiger partial charge in [0.25, 0.3) is 0 Å². The summed E-state index contributed by atoms with van der Waals surface area (Å²) in [6.45, 7) is 2.10. The van der Waals surface area contributed by atoms with Gasteiger partial charge in [0.1, 0.15) is 0 Å². The number of nitrogens with one attached hydrogen (secondary N) is 1. The zero-order valence-electron chi connectivity index (χ0n) is 12.1. The molecule has 116 valence electrons. The number of benzene rings is 1. The SMILES string of the molecule is Cc1ccc(S(N)(=O)=O)cc1NC(=O)C1(CN)CCCC1. The van der Waals surface area contributed by atoms with Gasteiger partial charge in [-0.2, -0.15) is 0 Å². The van der Waals surface area contributed by atoms with Crippen molar-refractivity contribution in [1.82, 2.24) is 0 Å². The maximum atomic E-state index is 12.5. The molecule has 0 spiro atoms. The molecule has 6 nitrogen and oxygen atoms in total. The lowest BCUT2D eigenvalue weighted by molar-refractivity contribution is -0.124. The van der Waals surface area contributed by atoms with Crippen molar-refractivity contribution in [1.29, 1.82) is 0 Å². The molecule has 2 rings (SSSR count). The van der Waals surface area contributed by atoms with E-state index in [2.05, 4.69) is 5.32 Å². The fraction of sp³-hybridized carbons (Fsp3) is 0.500. The Labute approximate surface area is 124 Å². The third kappa shape index (κ3) is 3.25. The standard InChI is InChI=1S/C14H21N3O3S/c1-10-4-5-11(21(16,19)20)8-12(10)17-13(18)14(9-15)6-2-3-7-14/h4-5,8H,2-3,6-7,9,15H2,1H3,(H,17,18)(H2,16,19,20). The monoisotopic (exact) mass is 311 g/mol. The zero-order chi connectivity index (χ0) is 15.7. The molecule has 1 aliphatic rings. The van der Waals surface area contributed by atoms with Crippen molar-refractivity contribution in [3.8, 4) is 0 Å². The molecule has 0 atom stereocenters. The summed E-state index contributed by atoms with van der Waals surface area (Å²) in [4.78, 5) is 12.5. The summed E-state index contributed by atoms with van der Waals surface area (Å²) in [6.07, 6.45) is 3.51. The van der Waals surface area contributed by atoms with Gasteiger partial charge in [-0.05, 0) is 37.5 Å². The summed E-state index contributed by atoms with van der Waals surface area (Å²) in [6, 6.07) is 4.44. The molecule has 1 aromatic carbocycles. The minimum atomic E-state index is -3.79. The van der Waals surface area contributed by atoms with E-state index in [9.17, 15) is 13.2 Å². The van der Waals surface area contributed by atoms with Crippen molar-refractivity contribution in [2.75, 3.05) is 11.9 Å². The summed E-state index contributed by atoms with van der Waals surface area (Å²) in [5.74, 6) is -0.142. The first kappa shape index (κ1) is 15.9. The highest BCUT2D eigenvalue weighted by atomic mass is 32.2. The summed E-state index contributed by atoms with van der Waals surface area (Å²) in [7, 11) is -3.79. The molecule has 0 aromatic heterocycles. The summed E-state index contributed by atoms with van der Waals surface area (Å²) in [5, 5.41) is 7.94. The van der Waals surface area contributed by atoms with E-state index in [0.717, 1.165) is 31.2 Å². The Balaban J connectivity index is 2.29. The number of hydrogen-bond acceptors (Lipinski definition) is 4. The van der Waals surface area contributed by atoms with Gasteiger partial charge >= 0.3 is 0 Å². The van der Waals surface area contributed by atoms with Crippen molar-refractivity contribution in [3.63, 3.8) is 0 Å². The second kappa shape index (κ2) is 5.75. The number of amides is 1. The second-order valence-electron chi connectivity index (χ2n) is 5.67. The van der Waals surface area contributed by atoms with Crippen molar-refractivity contribution >= 4 is 21.6 Å². The number of carbonyl (C=O) groups excluding carboxylic acids is 1. The van der Waals surface area contributed by atoms with E-state index >= 15 is 0 Å². The van der Waals surface area contributed by atoms with E-state index < -0.39 is 15.4 Å². The topological polar surface area (TPSA) is 115 Å². The van der Waals surface area contributed by atoms with Crippen LogP contribution >= 0.6 is 0 Å². The first-order valence-corrected chi connectivity index (χ1v) is 8.48. The molecule has 1 aliphatic carbocycles. The predicted molar refractivity (Wildman–Crippen MR) is 81.1 cm³/mol. The fourth-order valence-corrected chi connectivity index (χ4v) is 3.28. The van der Waals surface area contributed by atoms with E-state index in [1.165, 1.54) is 12.1 Å². The molecular formula is C14H21N3O3S. The van der Waals surface area contributed by atoms with Crippen molar-refractivity contribution in [2.24, 2.45) is 16.3 Å². The molecule has 7 heteroatoms. The van der Waals surface area contributed by atoms with Crippen molar-refractivity contribution in [3.05, 3.63) is 23.8 Å². The van der Waals surface area contributed by atoms with Gasteiger partial charge in [0, 0.05) is 12.2 Å². The highest BCUT2D eigenvalue weighted by Crippen LogP contribution is 2.38. The summed E-state index contributed by atoms with van der Waals surface area (Å²) < 4.78 is 22.8. The van der Waals surface area contributed by atoms with Crippen LogP contribution in [0.25, 0.3) is 0 Å². The Bertz CT molecular complexity index is 649. The maximum Gasteiger partial charge on any atom is 0.238 e. The average Bonchev–Trinajstić information content (AvgIpc) is 2.90. The lowest BCUT2D eigenvalue weighted by atomic mass is 9.85. The van der Waals surface area contributed by atoms with Crippen LogP contribution in [0, 0.1) is 12.3 Å². The number of sulfonamides is 1. The van der Waals surface area contributed by atoms with Crippen molar-refractivity contribution < 1.29 is 13.2 Å². The van der Waals surface area contributed by atoms with Crippen LogP contribution in [0.15, 0.2) is 23.1 Å². The Morgan fingerprint density at radius 1 is 1.33 bits per heavy atom. The molecule has 0 radical (unpaired) electrons. The van der Waals surface area contributed by atoms with Gasteiger partial charge < -0.3 is 11.1 Å². The van der Waals surface area contributed by atoms with Crippen LogP contribution in [0.4, 0.5) is 5.69 Å². The van der Waals surface area contributed by atoms with E-state index in [4.69, 9.17) is 10.9 Å². The molecule has 0 bridgehead atoms. The Morgan fingerprint density at radius 3 is 2.48 bits per heavy atom. The van der Waals surface area contributed by atoms with Crippen molar-refractivity contribution in [2.45, 2.75) is 37.5 Å². The first-order valence-electron chi connectivity index (χ1n) is 6.93. The minimum Gasteiger partial charge on any atom is -0.329 e. The molecule has 0 heterocycles. The van der Waals surface area contributed by atoms with Gasteiger partial charge in [-0.25, -0.2) is 13.6 Å². The van der Waals surface area contributed by atoms with Gasteiger partial charge in [0.2, 0.25) is 15.9 Å². The van der Waals surface area contributed by atoms with Crippen LogP contribution in [0.5, 0.6) is 0 Å². The van der Waals surface area contributed by atoms with Gasteiger partial charge in [-0.1, -0.05) is 18.9 Å². The van der Waals surface area contributed by atoms with Crippen LogP contribution in [0.3, 0.4) is 0 Å². The largest absolute Gasteiger partial charge is 0.329 e. The second-order valence-corrected chi connectivity index (χ2v) is 7.23. The molecule has 0 saturated heterocycles. The lowest BCUT2D eigenvalue weighted by Gasteiger charge is -2.26. The molecule has 0 unspecified atom stereocenters. The maximum absolute atomic E-state index is 12.5. The molecule has 5 N–H and O–H groups in total. The van der Waals surface area contributed by atoms with E-state index in [1.54, 1.807) is 13.0 Å². The number of aryl methyl sites for hydroxylation is 1. The fourth-order valence-electron chi connectivity index (χ4n) is 2.74. The molecule has 21 heavy (non-hydrogen) atoms. The highest BCUT2D eigenvalue weighted by Gasteiger charge is 2.39. The molecule has 1 aromatic rings. The highest BCUT2D eigenvalue weighted by molar-refractivity contribution is 7.89. The third-order valence-electron chi connectivity index (χ3n) is 4.22. The quantitative estimate of drug-likeness (QED) is 0.772. The van der Waals surface area contributed by atoms with Gasteiger partial charge in [0.05, 0.1) is 10.3 Å². The van der Waals surface area contributed by atoms with E-state index in [0.29, 0.717) is 12.2 Å². The smallest absolute Gasteiger partial charge is 0.238 e. The first-order chi connectivity index (χ1) is 9.78. The minimum absolute atomic E-state index is 0.0170. The Morgan fingerprint density at radius 2 is 1.95 bits per heavy atom. The van der Waals surface area contributed by atoms with E-state index in [1.807, 2.05) is 0 Å². The normalized spacial score (nSPS) is 17.7. The van der Waals surface area contributed by atoms with Crippen LogP contribution in [-0.4, -0.2) is 20.9 Å². The molecule has 1 fully saturated rings. The molecule has 1 amide bonds. The summed E-state index contributed by atoms with van der Waals surface area (Å²) in [5.41, 5.74) is 6.49. The summed E-state index contributed by atoms with van der Waals surface area (Å²) >= 11 is 0. The number of anilines is 1. The van der Waals surface area contributed by atoms with E-state index in [-0.39, 0.29) is 10.8 Å². The van der Waals surface area contributed by atoms with Gasteiger partial charge in [-0.3, -0.25) is 4.79 Å². The molecule has 1 saturated carbocycles. The molecule has 0 aliphatic heterocycles. The van der Waals surface area contributed by atoms with Crippen LogP contribution in [-0.2, 0) is 14.8 Å². The third-order valence-corrected chi connectivity index (χ3v) is 5.13. The number of primary sulfonamides is 1. The Kier molecular flexibility index (Phi) is 4.36. The van der Waals surface area contributed by atoms with Gasteiger partial charge in [-0.15, -0.1) is 0 Å². The lowest BCUT2D eigenvalue weighted by Crippen LogP contribution is -2.40. The van der Waals surface area contributed by atoms with Gasteiger partial charge in [0.15, 0.2) is 0 Å². The number of carbonyl (C=O) groups is 1. The predicted octanol–water partition coefficient (Wildman–Crippen LogP) is 1.10. The van der Waals surface area contributed by atoms with Crippen LogP contribution in [0.1, 0.15) is 31.2 Å². The number of rotatable bonds is 4. The number of hydrogen-bond donors (Lipinski definition) is 3. The molecular weight excluding hydrogens is 290 g/mol. The van der Waals surface area contributed by atoms with Crippen LogP contribution < -0.4 is 16.2 Å². The number of nitrogens with two attached hydrogens (primary N) is 2. The zero-order valence-corrected chi connectivity index (χ0v) is 12.9.